The zero-order valence-corrected chi connectivity index (χ0v) is 20.4. The van der Waals surface area contributed by atoms with E-state index in [1.165, 1.54) is 17.7 Å². The summed E-state index contributed by atoms with van der Waals surface area (Å²) in [6.45, 7) is 3.88. The van der Waals surface area contributed by atoms with Crippen LogP contribution in [0.1, 0.15) is 12.0 Å². The van der Waals surface area contributed by atoms with Gasteiger partial charge in [-0.3, -0.25) is 4.99 Å². The Kier molecular flexibility index (Phi) is 10.1. The van der Waals surface area contributed by atoms with Gasteiger partial charge in [0.25, 0.3) is 0 Å². The molecule has 2 aromatic rings. The largest absolute Gasteiger partial charge is 0.497 e. The fourth-order valence-electron chi connectivity index (χ4n) is 3.62. The smallest absolute Gasteiger partial charge is 0.190 e. The predicted octanol–water partition coefficient (Wildman–Crippen LogP) is 3.56. The van der Waals surface area contributed by atoms with Crippen molar-refractivity contribution >= 4 is 35.6 Å². The first kappa shape index (κ1) is 24.1. The lowest BCUT2D eigenvalue weighted by Gasteiger charge is -2.20. The molecular formula is C23H33IN4O2. The molecule has 2 N–H and O–H groups in total. The van der Waals surface area contributed by atoms with Crippen LogP contribution in [-0.4, -0.2) is 53.4 Å². The molecule has 0 bridgehead atoms. The Morgan fingerprint density at radius 2 is 1.83 bits per heavy atom. The molecule has 0 saturated carbocycles. The van der Waals surface area contributed by atoms with Gasteiger partial charge >= 0.3 is 0 Å². The number of methoxy groups -OCH3 is 2. The number of hydrogen-bond acceptors (Lipinski definition) is 4. The third-order valence-corrected chi connectivity index (χ3v) is 5.35. The Morgan fingerprint density at radius 3 is 2.53 bits per heavy atom. The van der Waals surface area contributed by atoms with E-state index in [0.717, 1.165) is 50.1 Å². The van der Waals surface area contributed by atoms with Crippen LogP contribution in [0.2, 0.25) is 0 Å². The first-order valence-electron chi connectivity index (χ1n) is 10.2. The Hall–Kier alpha value is -2.16. The van der Waals surface area contributed by atoms with Gasteiger partial charge in [0.1, 0.15) is 11.5 Å². The Labute approximate surface area is 197 Å². The summed E-state index contributed by atoms with van der Waals surface area (Å²) in [6, 6.07) is 16.5. The van der Waals surface area contributed by atoms with Crippen LogP contribution in [0.4, 0.5) is 5.69 Å². The van der Waals surface area contributed by atoms with Crippen molar-refractivity contribution in [3.05, 3.63) is 54.1 Å². The maximum atomic E-state index is 5.35. The number of nitrogens with zero attached hydrogens (tertiary/aromatic N) is 2. The maximum Gasteiger partial charge on any atom is 0.190 e. The predicted molar refractivity (Wildman–Crippen MR) is 135 cm³/mol. The molecule has 0 aliphatic carbocycles. The average Bonchev–Trinajstić information content (AvgIpc) is 3.25. The van der Waals surface area contributed by atoms with Gasteiger partial charge in [0, 0.05) is 45.0 Å². The number of guanidine groups is 1. The van der Waals surface area contributed by atoms with Crippen molar-refractivity contribution in [2.75, 3.05) is 52.3 Å². The summed E-state index contributed by atoms with van der Waals surface area (Å²) in [5.74, 6) is 3.25. The molecule has 30 heavy (non-hydrogen) atoms. The Bertz CT molecular complexity index is 798. The highest BCUT2D eigenvalue weighted by atomic mass is 127. The van der Waals surface area contributed by atoms with E-state index in [0.29, 0.717) is 5.92 Å². The maximum absolute atomic E-state index is 5.35. The minimum Gasteiger partial charge on any atom is -0.497 e. The molecule has 164 valence electrons. The van der Waals surface area contributed by atoms with Crippen molar-refractivity contribution in [3.8, 4) is 11.5 Å². The third-order valence-electron chi connectivity index (χ3n) is 5.35. The second-order valence-corrected chi connectivity index (χ2v) is 7.28. The minimum absolute atomic E-state index is 0. The molecule has 1 heterocycles. The van der Waals surface area contributed by atoms with E-state index >= 15 is 0 Å². The highest BCUT2D eigenvalue weighted by Gasteiger charge is 2.23. The lowest BCUT2D eigenvalue weighted by Crippen LogP contribution is -2.41. The van der Waals surface area contributed by atoms with E-state index in [-0.39, 0.29) is 24.0 Å². The van der Waals surface area contributed by atoms with E-state index in [1.54, 1.807) is 14.2 Å². The third kappa shape index (κ3) is 6.97. The first-order chi connectivity index (χ1) is 14.2. The standard InChI is InChI=1S/C23H32N4O2.HI/c1-24-23(25-13-11-18-7-9-21(28-2)10-8-18)26-16-19-12-14-27(17-19)20-5-4-6-22(15-20)29-3;/h4-10,15,19H,11-14,16-17H2,1-3H3,(H2,24,25,26);1H. The summed E-state index contributed by atoms with van der Waals surface area (Å²) in [5, 5.41) is 6.88. The summed E-state index contributed by atoms with van der Waals surface area (Å²) in [7, 11) is 5.22. The summed E-state index contributed by atoms with van der Waals surface area (Å²) in [5.41, 5.74) is 2.51. The fourth-order valence-corrected chi connectivity index (χ4v) is 3.62. The number of halogens is 1. The van der Waals surface area contributed by atoms with Gasteiger partial charge in [0.05, 0.1) is 14.2 Å². The van der Waals surface area contributed by atoms with Crippen molar-refractivity contribution < 1.29 is 9.47 Å². The van der Waals surface area contributed by atoms with E-state index < -0.39 is 0 Å². The van der Waals surface area contributed by atoms with Crippen LogP contribution in [0, 0.1) is 5.92 Å². The number of rotatable bonds is 8. The molecule has 1 aliphatic heterocycles. The number of anilines is 1. The molecule has 0 amide bonds. The lowest BCUT2D eigenvalue weighted by molar-refractivity contribution is 0.414. The fraction of sp³-hybridized carbons (Fsp3) is 0.435. The number of aliphatic imine (C=N–C) groups is 1. The van der Waals surface area contributed by atoms with Gasteiger partial charge in [-0.05, 0) is 48.6 Å². The topological polar surface area (TPSA) is 58.1 Å². The van der Waals surface area contributed by atoms with Gasteiger partial charge in [0.15, 0.2) is 5.96 Å². The molecule has 1 saturated heterocycles. The molecule has 3 rings (SSSR count). The summed E-state index contributed by atoms with van der Waals surface area (Å²) < 4.78 is 10.5. The minimum atomic E-state index is 0. The second kappa shape index (κ2) is 12.5. The van der Waals surface area contributed by atoms with Gasteiger partial charge in [-0.1, -0.05) is 18.2 Å². The molecule has 1 fully saturated rings. The van der Waals surface area contributed by atoms with Gasteiger partial charge in [0.2, 0.25) is 0 Å². The van der Waals surface area contributed by atoms with Crippen LogP contribution < -0.4 is 25.0 Å². The zero-order chi connectivity index (χ0) is 20.5. The first-order valence-corrected chi connectivity index (χ1v) is 10.2. The van der Waals surface area contributed by atoms with Gasteiger partial charge < -0.3 is 25.0 Å². The van der Waals surface area contributed by atoms with Gasteiger partial charge in [-0.2, -0.15) is 0 Å². The lowest BCUT2D eigenvalue weighted by atomic mass is 10.1. The normalized spacial score (nSPS) is 16.0. The van der Waals surface area contributed by atoms with Crippen LogP contribution in [-0.2, 0) is 6.42 Å². The summed E-state index contributed by atoms with van der Waals surface area (Å²) in [4.78, 5) is 6.78. The molecule has 0 aromatic heterocycles. The number of nitrogens with one attached hydrogen (secondary N) is 2. The highest BCUT2D eigenvalue weighted by molar-refractivity contribution is 14.0. The molecule has 1 unspecified atom stereocenters. The van der Waals surface area contributed by atoms with E-state index in [2.05, 4.69) is 44.8 Å². The van der Waals surface area contributed by atoms with Gasteiger partial charge in [-0.25, -0.2) is 0 Å². The molecule has 6 nitrogen and oxygen atoms in total. The average molecular weight is 524 g/mol. The van der Waals surface area contributed by atoms with E-state index in [9.17, 15) is 0 Å². The number of benzene rings is 2. The molecule has 0 radical (unpaired) electrons. The zero-order valence-electron chi connectivity index (χ0n) is 18.1. The van der Waals surface area contributed by atoms with Crippen LogP contribution >= 0.6 is 24.0 Å². The van der Waals surface area contributed by atoms with Crippen molar-refractivity contribution in [3.63, 3.8) is 0 Å². The second-order valence-electron chi connectivity index (χ2n) is 7.28. The van der Waals surface area contributed by atoms with Gasteiger partial charge in [-0.15, -0.1) is 24.0 Å². The van der Waals surface area contributed by atoms with Crippen molar-refractivity contribution in [1.29, 1.82) is 0 Å². The van der Waals surface area contributed by atoms with Crippen LogP contribution in [0.5, 0.6) is 11.5 Å². The Balaban J connectivity index is 0.00000320. The number of ether oxygens (including phenoxy) is 2. The van der Waals surface area contributed by atoms with Crippen molar-refractivity contribution in [1.82, 2.24) is 10.6 Å². The molecule has 1 aliphatic rings. The summed E-state index contributed by atoms with van der Waals surface area (Å²) in [6.07, 6.45) is 2.12. The SMILES string of the molecule is CN=C(NCCc1ccc(OC)cc1)NCC1CCN(c2cccc(OC)c2)C1.I. The molecule has 2 aromatic carbocycles. The van der Waals surface area contributed by atoms with Crippen LogP contribution in [0.25, 0.3) is 0 Å². The molecule has 7 heteroatoms. The Morgan fingerprint density at radius 1 is 1.07 bits per heavy atom. The van der Waals surface area contributed by atoms with E-state index in [4.69, 9.17) is 9.47 Å². The number of hydrogen-bond donors (Lipinski definition) is 2. The van der Waals surface area contributed by atoms with E-state index in [1.807, 2.05) is 31.3 Å². The molecular weight excluding hydrogens is 491 g/mol. The van der Waals surface area contributed by atoms with Crippen molar-refractivity contribution in [2.24, 2.45) is 10.9 Å². The van der Waals surface area contributed by atoms with Crippen LogP contribution in [0.3, 0.4) is 0 Å². The molecule has 1 atom stereocenters. The summed E-state index contributed by atoms with van der Waals surface area (Å²) >= 11 is 0. The van der Waals surface area contributed by atoms with Crippen molar-refractivity contribution in [2.45, 2.75) is 12.8 Å². The quantitative estimate of drug-likeness (QED) is 0.314. The highest BCUT2D eigenvalue weighted by Crippen LogP contribution is 2.26. The monoisotopic (exact) mass is 524 g/mol. The van der Waals surface area contributed by atoms with Crippen LogP contribution in [0.15, 0.2) is 53.5 Å². The molecule has 0 spiro atoms.